The van der Waals surface area contributed by atoms with E-state index in [0.29, 0.717) is 0 Å². The number of hydrogen-bond donors (Lipinski definition) is 1. The molecule has 0 atom stereocenters. The smallest absolute Gasteiger partial charge is 0.0815 e. The molecular weight excluding hydrogens is 214 g/mol. The molecule has 2 rings (SSSR count). The summed E-state index contributed by atoms with van der Waals surface area (Å²) in [7, 11) is 0. The summed E-state index contributed by atoms with van der Waals surface area (Å²) >= 11 is 0. The molecule has 0 aliphatic carbocycles. The summed E-state index contributed by atoms with van der Waals surface area (Å²) in [5, 5.41) is 12.0. The van der Waals surface area contributed by atoms with Crippen molar-refractivity contribution in [3.8, 4) is 0 Å². The highest BCUT2D eigenvalue weighted by Crippen LogP contribution is 2.07. The van der Waals surface area contributed by atoms with Crippen molar-refractivity contribution in [3.63, 3.8) is 0 Å². The summed E-state index contributed by atoms with van der Waals surface area (Å²) in [5.41, 5.74) is 2.10. The van der Waals surface area contributed by atoms with Crippen LogP contribution < -0.4 is 5.32 Å². The fraction of sp³-hybridized carbons (Fsp3) is 0.500. The maximum atomic E-state index is 4.47. The van der Waals surface area contributed by atoms with Gasteiger partial charge in [0.1, 0.15) is 0 Å². The van der Waals surface area contributed by atoms with Gasteiger partial charge in [0.2, 0.25) is 0 Å². The van der Waals surface area contributed by atoms with E-state index >= 15 is 0 Å². The van der Waals surface area contributed by atoms with Gasteiger partial charge in [0.15, 0.2) is 0 Å². The van der Waals surface area contributed by atoms with E-state index in [9.17, 15) is 0 Å². The molecule has 2 aromatic rings. The molecule has 5 heteroatoms. The van der Waals surface area contributed by atoms with E-state index in [0.717, 1.165) is 37.4 Å². The van der Waals surface area contributed by atoms with Crippen molar-refractivity contribution in [1.82, 2.24) is 19.6 Å². The third-order valence-electron chi connectivity index (χ3n) is 2.58. The third kappa shape index (κ3) is 3.09. The minimum Gasteiger partial charge on any atom is -0.377 e. The lowest BCUT2D eigenvalue weighted by molar-refractivity contribution is 0.595. The molecule has 0 aliphatic heterocycles. The highest BCUT2D eigenvalue weighted by Gasteiger charge is 2.00. The fourth-order valence-corrected chi connectivity index (χ4v) is 1.67. The zero-order valence-corrected chi connectivity index (χ0v) is 10.4. The van der Waals surface area contributed by atoms with Gasteiger partial charge in [0.05, 0.1) is 24.1 Å². The lowest BCUT2D eigenvalue weighted by Gasteiger charge is -2.00. The van der Waals surface area contributed by atoms with E-state index in [2.05, 4.69) is 29.4 Å². The van der Waals surface area contributed by atoms with Gasteiger partial charge in [-0.2, -0.15) is 10.2 Å². The molecule has 2 aromatic heterocycles. The van der Waals surface area contributed by atoms with Crippen LogP contribution in [0.5, 0.6) is 0 Å². The normalized spacial score (nSPS) is 10.7. The van der Waals surface area contributed by atoms with Crippen LogP contribution in [0.1, 0.15) is 26.0 Å². The molecule has 5 nitrogen and oxygen atoms in total. The molecule has 0 unspecified atom stereocenters. The Morgan fingerprint density at radius 1 is 1.29 bits per heavy atom. The van der Waals surface area contributed by atoms with Gasteiger partial charge in [-0.1, -0.05) is 6.92 Å². The van der Waals surface area contributed by atoms with Crippen molar-refractivity contribution in [2.75, 3.05) is 5.32 Å². The fourth-order valence-electron chi connectivity index (χ4n) is 1.67. The highest BCUT2D eigenvalue weighted by atomic mass is 15.3. The SMILES string of the molecule is CCCn1ccc(CNc2cnn(CC)c2)n1. The zero-order valence-electron chi connectivity index (χ0n) is 10.4. The summed E-state index contributed by atoms with van der Waals surface area (Å²) in [5.74, 6) is 0. The van der Waals surface area contributed by atoms with Gasteiger partial charge in [-0.3, -0.25) is 9.36 Å². The molecule has 0 saturated heterocycles. The van der Waals surface area contributed by atoms with Gasteiger partial charge >= 0.3 is 0 Å². The van der Waals surface area contributed by atoms with Crippen LogP contribution in [0.4, 0.5) is 5.69 Å². The standard InChI is InChI=1S/C12H19N5/c1-3-6-17-7-5-11(15-17)8-13-12-9-14-16(4-2)10-12/h5,7,9-10,13H,3-4,6,8H2,1-2H3. The van der Waals surface area contributed by atoms with E-state index < -0.39 is 0 Å². The number of nitrogens with one attached hydrogen (secondary N) is 1. The minimum atomic E-state index is 0.742. The van der Waals surface area contributed by atoms with Crippen LogP contribution in [-0.2, 0) is 19.6 Å². The Labute approximate surface area is 101 Å². The lowest BCUT2D eigenvalue weighted by atomic mass is 10.4. The molecular formula is C12H19N5. The molecule has 0 amide bonds. The minimum absolute atomic E-state index is 0.742. The maximum absolute atomic E-state index is 4.47. The molecule has 0 saturated carbocycles. The van der Waals surface area contributed by atoms with E-state index in [1.54, 1.807) is 0 Å². The number of hydrogen-bond acceptors (Lipinski definition) is 3. The summed E-state index contributed by atoms with van der Waals surface area (Å²) in [4.78, 5) is 0. The Bertz CT molecular complexity index is 457. The second-order valence-electron chi connectivity index (χ2n) is 4.01. The largest absolute Gasteiger partial charge is 0.377 e. The molecule has 92 valence electrons. The summed E-state index contributed by atoms with van der Waals surface area (Å²) in [6, 6.07) is 2.05. The first-order valence-corrected chi connectivity index (χ1v) is 6.10. The molecule has 0 spiro atoms. The Balaban J connectivity index is 1.88. The van der Waals surface area contributed by atoms with Crippen molar-refractivity contribution >= 4 is 5.69 Å². The lowest BCUT2D eigenvalue weighted by Crippen LogP contribution is -2.02. The molecule has 17 heavy (non-hydrogen) atoms. The van der Waals surface area contributed by atoms with Crippen molar-refractivity contribution in [3.05, 3.63) is 30.4 Å². The average Bonchev–Trinajstić information content (AvgIpc) is 2.95. The van der Waals surface area contributed by atoms with Gasteiger partial charge in [0.25, 0.3) is 0 Å². The second kappa shape index (κ2) is 5.52. The number of aromatic nitrogens is 4. The van der Waals surface area contributed by atoms with Gasteiger partial charge < -0.3 is 5.32 Å². The average molecular weight is 233 g/mol. The molecule has 0 bridgehead atoms. The monoisotopic (exact) mass is 233 g/mol. The van der Waals surface area contributed by atoms with E-state index in [1.165, 1.54) is 0 Å². The number of nitrogens with zero attached hydrogens (tertiary/aromatic N) is 4. The van der Waals surface area contributed by atoms with Crippen LogP contribution in [0.3, 0.4) is 0 Å². The Hall–Kier alpha value is -1.78. The van der Waals surface area contributed by atoms with Crippen LogP contribution in [0, 0.1) is 0 Å². The highest BCUT2D eigenvalue weighted by molar-refractivity contribution is 5.38. The third-order valence-corrected chi connectivity index (χ3v) is 2.58. The number of aryl methyl sites for hydroxylation is 2. The van der Waals surface area contributed by atoms with E-state index in [-0.39, 0.29) is 0 Å². The first-order chi connectivity index (χ1) is 8.31. The molecule has 1 N–H and O–H groups in total. The van der Waals surface area contributed by atoms with Gasteiger partial charge in [-0.25, -0.2) is 0 Å². The molecule has 0 fully saturated rings. The number of anilines is 1. The van der Waals surface area contributed by atoms with Crippen LogP contribution in [0.2, 0.25) is 0 Å². The van der Waals surface area contributed by atoms with Crippen LogP contribution >= 0.6 is 0 Å². The number of rotatable bonds is 6. The van der Waals surface area contributed by atoms with Gasteiger partial charge in [-0.15, -0.1) is 0 Å². The molecule has 2 heterocycles. The topological polar surface area (TPSA) is 47.7 Å². The Morgan fingerprint density at radius 2 is 2.18 bits per heavy atom. The first-order valence-electron chi connectivity index (χ1n) is 6.10. The van der Waals surface area contributed by atoms with Crippen LogP contribution in [-0.4, -0.2) is 19.6 Å². The second-order valence-corrected chi connectivity index (χ2v) is 4.01. The Kier molecular flexibility index (Phi) is 3.80. The zero-order chi connectivity index (χ0) is 12.1. The summed E-state index contributed by atoms with van der Waals surface area (Å²) in [6.45, 7) is 6.84. The van der Waals surface area contributed by atoms with Crippen molar-refractivity contribution in [2.24, 2.45) is 0 Å². The molecule has 0 radical (unpaired) electrons. The summed E-state index contributed by atoms with van der Waals surface area (Å²) in [6.07, 6.45) is 6.98. The predicted molar refractivity (Wildman–Crippen MR) is 67.7 cm³/mol. The van der Waals surface area contributed by atoms with Crippen LogP contribution in [0.25, 0.3) is 0 Å². The van der Waals surface area contributed by atoms with Crippen LogP contribution in [0.15, 0.2) is 24.7 Å². The van der Waals surface area contributed by atoms with Gasteiger partial charge in [-0.05, 0) is 19.4 Å². The Morgan fingerprint density at radius 3 is 2.88 bits per heavy atom. The van der Waals surface area contributed by atoms with Crippen molar-refractivity contribution in [2.45, 2.75) is 39.9 Å². The predicted octanol–water partition coefficient (Wildman–Crippen LogP) is 2.12. The quantitative estimate of drug-likeness (QED) is 0.831. The maximum Gasteiger partial charge on any atom is 0.0815 e. The van der Waals surface area contributed by atoms with E-state index in [4.69, 9.17) is 0 Å². The molecule has 0 aromatic carbocycles. The summed E-state index contributed by atoms with van der Waals surface area (Å²) < 4.78 is 3.88. The molecule has 0 aliphatic rings. The van der Waals surface area contributed by atoms with Crippen molar-refractivity contribution in [1.29, 1.82) is 0 Å². The van der Waals surface area contributed by atoms with Crippen molar-refractivity contribution < 1.29 is 0 Å². The first kappa shape index (κ1) is 11.7. The van der Waals surface area contributed by atoms with E-state index in [1.807, 2.05) is 34.0 Å². The van der Waals surface area contributed by atoms with Gasteiger partial charge in [0, 0.05) is 25.5 Å².